The Kier molecular flexibility index (Phi) is 5.71. The molecule has 0 fully saturated rings. The molecule has 0 spiro atoms. The van der Waals surface area contributed by atoms with E-state index in [1.807, 2.05) is 6.07 Å². The molecule has 140 valence electrons. The summed E-state index contributed by atoms with van der Waals surface area (Å²) in [5.41, 5.74) is -0.250. The van der Waals surface area contributed by atoms with E-state index in [1.165, 1.54) is 6.07 Å². The molecule has 1 heterocycles. The van der Waals surface area contributed by atoms with Gasteiger partial charge in [0.1, 0.15) is 0 Å². The fourth-order valence-corrected chi connectivity index (χ4v) is 3.05. The summed E-state index contributed by atoms with van der Waals surface area (Å²) >= 11 is 6.50. The third-order valence-electron chi connectivity index (χ3n) is 3.31. The van der Waals surface area contributed by atoms with Crippen LogP contribution in [0.2, 0.25) is 5.02 Å². The van der Waals surface area contributed by atoms with Crippen molar-refractivity contribution < 1.29 is 22.4 Å². The monoisotopic (exact) mass is 413 g/mol. The van der Waals surface area contributed by atoms with Crippen LogP contribution < -0.4 is 5.32 Å². The maximum Gasteiger partial charge on any atom is 0.417 e. The first-order valence-electron chi connectivity index (χ1n) is 7.51. The quantitative estimate of drug-likeness (QED) is 0.586. The number of hydrogen-bond donors (Lipinski definition) is 1. The van der Waals surface area contributed by atoms with Gasteiger partial charge in [-0.25, -0.2) is 0 Å². The average molecular weight is 414 g/mol. The summed E-state index contributed by atoms with van der Waals surface area (Å²) in [4.78, 5) is 12.2. The van der Waals surface area contributed by atoms with Gasteiger partial charge in [-0.1, -0.05) is 34.9 Å². The molecular formula is C17H11ClF3N3O2S. The van der Waals surface area contributed by atoms with Gasteiger partial charge in [0, 0.05) is 10.5 Å². The molecule has 1 N–H and O–H groups in total. The van der Waals surface area contributed by atoms with Gasteiger partial charge in [0.05, 0.1) is 16.3 Å². The van der Waals surface area contributed by atoms with Gasteiger partial charge in [0.25, 0.3) is 0 Å². The zero-order chi connectivity index (χ0) is 19.4. The van der Waals surface area contributed by atoms with Crippen molar-refractivity contribution in [1.29, 1.82) is 0 Å². The Bertz CT molecular complexity index is 948. The molecule has 27 heavy (non-hydrogen) atoms. The van der Waals surface area contributed by atoms with Crippen LogP contribution in [0, 0.1) is 0 Å². The highest BCUT2D eigenvalue weighted by molar-refractivity contribution is 8.00. The Morgan fingerprint density at radius 2 is 1.89 bits per heavy atom. The number of alkyl halides is 3. The molecule has 10 heteroatoms. The van der Waals surface area contributed by atoms with Crippen molar-refractivity contribution in [3.8, 4) is 11.5 Å². The number of nitrogens with zero attached hydrogens (tertiary/aromatic N) is 2. The van der Waals surface area contributed by atoms with Gasteiger partial charge in [-0.05, 0) is 30.3 Å². The summed E-state index contributed by atoms with van der Waals surface area (Å²) in [6.45, 7) is 0. The molecule has 1 amide bonds. The van der Waals surface area contributed by atoms with Crippen LogP contribution in [0.1, 0.15) is 5.56 Å². The smallest absolute Gasteiger partial charge is 0.403 e. The van der Waals surface area contributed by atoms with Crippen LogP contribution in [0.4, 0.5) is 19.2 Å². The molecule has 5 nitrogen and oxygen atoms in total. The summed E-state index contributed by atoms with van der Waals surface area (Å²) < 4.78 is 43.9. The molecule has 3 aromatic rings. The normalized spacial score (nSPS) is 11.4. The number of thioether (sulfide) groups is 1. The third-order valence-corrected chi connectivity index (χ3v) is 4.63. The summed E-state index contributed by atoms with van der Waals surface area (Å²) in [5.74, 6) is -0.389. The molecular weight excluding hydrogens is 403 g/mol. The molecule has 0 bridgehead atoms. The lowest BCUT2D eigenvalue weighted by Gasteiger charge is -2.10. The first-order chi connectivity index (χ1) is 12.8. The fourth-order valence-electron chi connectivity index (χ4n) is 2.09. The Hall–Kier alpha value is -2.52. The van der Waals surface area contributed by atoms with Crippen molar-refractivity contribution in [2.45, 2.75) is 11.1 Å². The highest BCUT2D eigenvalue weighted by atomic mass is 35.5. The molecule has 0 atom stereocenters. The number of nitrogens with one attached hydrogen (secondary N) is 1. The maximum atomic E-state index is 12.9. The van der Waals surface area contributed by atoms with Crippen LogP contribution in [0.3, 0.4) is 0 Å². The van der Waals surface area contributed by atoms with E-state index in [9.17, 15) is 18.0 Å². The van der Waals surface area contributed by atoms with Gasteiger partial charge >= 0.3 is 12.2 Å². The number of carbonyl (C=O) groups excluding carboxylic acids is 1. The molecule has 0 radical (unpaired) electrons. The molecule has 3 rings (SSSR count). The van der Waals surface area contributed by atoms with Crippen LogP contribution in [0.5, 0.6) is 0 Å². The summed E-state index contributed by atoms with van der Waals surface area (Å²) in [6.07, 6.45) is -4.56. The molecule has 0 aliphatic carbocycles. The second kappa shape index (κ2) is 8.01. The highest BCUT2D eigenvalue weighted by Crippen LogP contribution is 2.37. The van der Waals surface area contributed by atoms with E-state index in [2.05, 4.69) is 15.5 Å². The molecule has 0 saturated heterocycles. The Balaban J connectivity index is 1.60. The lowest BCUT2D eigenvalue weighted by molar-refractivity contribution is -0.137. The first kappa shape index (κ1) is 19.2. The van der Waals surface area contributed by atoms with E-state index >= 15 is 0 Å². The second-order valence-electron chi connectivity index (χ2n) is 5.25. The number of hydrogen-bond acceptors (Lipinski definition) is 5. The van der Waals surface area contributed by atoms with Crippen molar-refractivity contribution >= 4 is 35.3 Å². The number of amides is 1. The number of halogens is 4. The van der Waals surface area contributed by atoms with Crippen molar-refractivity contribution in [1.82, 2.24) is 10.2 Å². The number of aromatic nitrogens is 2. The lowest BCUT2D eigenvalue weighted by atomic mass is 10.2. The summed E-state index contributed by atoms with van der Waals surface area (Å²) in [5, 5.41) is 9.57. The molecule has 1 aromatic heterocycles. The van der Waals surface area contributed by atoms with Gasteiger partial charge in [0.2, 0.25) is 11.8 Å². The van der Waals surface area contributed by atoms with Crippen LogP contribution in [-0.2, 0) is 11.0 Å². The van der Waals surface area contributed by atoms with E-state index in [0.29, 0.717) is 5.56 Å². The van der Waals surface area contributed by atoms with Gasteiger partial charge < -0.3 is 4.42 Å². The fraction of sp³-hybridized carbons (Fsp3) is 0.118. The van der Waals surface area contributed by atoms with E-state index in [0.717, 1.165) is 23.9 Å². The predicted octanol–water partition coefficient (Wildman–Crippen LogP) is 5.14. The minimum atomic E-state index is -4.56. The van der Waals surface area contributed by atoms with Gasteiger partial charge in [-0.3, -0.25) is 10.1 Å². The first-order valence-corrected chi connectivity index (χ1v) is 8.87. The van der Waals surface area contributed by atoms with Crippen molar-refractivity contribution in [2.75, 3.05) is 11.1 Å². The zero-order valence-electron chi connectivity index (χ0n) is 13.5. The Morgan fingerprint density at radius 1 is 1.15 bits per heavy atom. The molecule has 2 aromatic carbocycles. The molecule has 0 aliphatic heterocycles. The molecule has 0 aliphatic rings. The zero-order valence-corrected chi connectivity index (χ0v) is 15.0. The minimum absolute atomic E-state index is 0.0912. The van der Waals surface area contributed by atoms with Gasteiger partial charge in [0.15, 0.2) is 0 Å². The van der Waals surface area contributed by atoms with E-state index < -0.39 is 22.7 Å². The number of carbonyl (C=O) groups is 1. The molecule has 0 saturated carbocycles. The topological polar surface area (TPSA) is 68.0 Å². The van der Waals surface area contributed by atoms with E-state index in [4.69, 9.17) is 16.0 Å². The average Bonchev–Trinajstić information content (AvgIpc) is 3.09. The minimum Gasteiger partial charge on any atom is -0.403 e. The van der Waals surface area contributed by atoms with Crippen LogP contribution in [0.25, 0.3) is 11.5 Å². The SMILES string of the molecule is O=C(CSc1ccc(Cl)c(C(F)(F)F)c1)Nc1nnc(-c2ccccc2)o1. The second-order valence-corrected chi connectivity index (χ2v) is 6.71. The Labute approximate surface area is 160 Å². The van der Waals surface area contributed by atoms with E-state index in [1.54, 1.807) is 24.3 Å². The number of benzene rings is 2. The van der Waals surface area contributed by atoms with Crippen LogP contribution in [0.15, 0.2) is 57.8 Å². The summed E-state index contributed by atoms with van der Waals surface area (Å²) in [6, 6.07) is 12.4. The largest absolute Gasteiger partial charge is 0.417 e. The maximum absolute atomic E-state index is 12.9. The lowest BCUT2D eigenvalue weighted by Crippen LogP contribution is -2.14. The Morgan fingerprint density at radius 3 is 2.59 bits per heavy atom. The molecule has 0 unspecified atom stereocenters. The number of anilines is 1. The van der Waals surface area contributed by atoms with Gasteiger partial charge in [-0.15, -0.1) is 16.9 Å². The number of rotatable bonds is 5. The van der Waals surface area contributed by atoms with Gasteiger partial charge in [-0.2, -0.15) is 13.2 Å². The standard InChI is InChI=1S/C17H11ClF3N3O2S/c18-13-7-6-11(8-12(13)17(19,20)21)27-9-14(25)22-16-24-23-15(26-16)10-4-2-1-3-5-10/h1-8H,9H2,(H,22,24,25). The predicted molar refractivity (Wildman–Crippen MR) is 95.5 cm³/mol. The van der Waals surface area contributed by atoms with Crippen LogP contribution in [-0.4, -0.2) is 21.9 Å². The van der Waals surface area contributed by atoms with E-state index in [-0.39, 0.29) is 22.6 Å². The van der Waals surface area contributed by atoms with Crippen molar-refractivity contribution in [3.63, 3.8) is 0 Å². The third kappa shape index (κ3) is 5.01. The van der Waals surface area contributed by atoms with Crippen LogP contribution >= 0.6 is 23.4 Å². The van der Waals surface area contributed by atoms with Crippen molar-refractivity contribution in [3.05, 3.63) is 59.1 Å². The highest BCUT2D eigenvalue weighted by Gasteiger charge is 2.33. The van der Waals surface area contributed by atoms with Crippen molar-refractivity contribution in [2.24, 2.45) is 0 Å². The summed E-state index contributed by atoms with van der Waals surface area (Å²) in [7, 11) is 0.